The molecule has 2 radical (unpaired) electrons. The molecule has 2 rings (SSSR count). The van der Waals surface area contributed by atoms with Crippen LogP contribution in [0.1, 0.15) is 102 Å². The van der Waals surface area contributed by atoms with E-state index in [2.05, 4.69) is 31.9 Å². The van der Waals surface area contributed by atoms with Gasteiger partial charge in [0.25, 0.3) is 0 Å². The van der Waals surface area contributed by atoms with Crippen LogP contribution in [0.4, 0.5) is 13.2 Å². The number of alkyl halides is 3. The molecular weight excluding hydrogens is 536 g/mol. The third kappa shape index (κ3) is 7.58. The predicted octanol–water partition coefficient (Wildman–Crippen LogP) is 5.78. The van der Waals surface area contributed by atoms with Crippen molar-refractivity contribution < 1.29 is 18.0 Å². The molecule has 0 aliphatic heterocycles. The van der Waals surface area contributed by atoms with E-state index in [9.17, 15) is 18.0 Å². The van der Waals surface area contributed by atoms with E-state index in [-0.39, 0.29) is 5.56 Å². The van der Waals surface area contributed by atoms with Crippen LogP contribution in [0.15, 0.2) is 12.3 Å². The van der Waals surface area contributed by atoms with Crippen molar-refractivity contribution in [3.63, 3.8) is 0 Å². The number of fused-ring (bicyclic) bond motifs is 1. The van der Waals surface area contributed by atoms with Crippen LogP contribution in [-0.4, -0.2) is 53.9 Å². The molecule has 5 nitrogen and oxygen atoms in total. The second-order valence-corrected chi connectivity index (χ2v) is 14.2. The molecule has 0 aliphatic carbocycles. The Bertz CT molecular complexity index is 891. The van der Waals surface area contributed by atoms with Gasteiger partial charge in [-0.3, -0.25) is 0 Å². The van der Waals surface area contributed by atoms with Crippen LogP contribution in [0, 0.1) is 6.92 Å². The van der Waals surface area contributed by atoms with E-state index >= 15 is 0 Å². The zero-order valence-electron chi connectivity index (χ0n) is 20.5. The molecular formula is C24H37F3N4OSn. The summed E-state index contributed by atoms with van der Waals surface area (Å²) in [5.41, 5.74) is 1.30. The minimum absolute atomic E-state index is 0.0942. The first kappa shape index (κ1) is 27.9. The average Bonchev–Trinajstić information content (AvgIpc) is 3.18. The molecule has 0 aromatic carbocycles. The van der Waals surface area contributed by atoms with Gasteiger partial charge in [0.1, 0.15) is 0 Å². The van der Waals surface area contributed by atoms with E-state index in [1.54, 1.807) is 4.52 Å². The quantitative estimate of drug-likeness (QED) is 0.310. The van der Waals surface area contributed by atoms with Crippen LogP contribution in [0.3, 0.4) is 0 Å². The molecule has 2 aromatic heterocycles. The fourth-order valence-corrected chi connectivity index (χ4v) is 9.47. The first-order valence-electron chi connectivity index (χ1n) is 12.1. The number of nitrogens with one attached hydrogen (secondary N) is 1. The number of unbranched alkanes of at least 4 members (excludes halogenated alkanes) is 3. The zero-order chi connectivity index (χ0) is 24.6. The van der Waals surface area contributed by atoms with Crippen molar-refractivity contribution in [2.75, 3.05) is 0 Å². The number of halogens is 3. The molecule has 184 valence electrons. The molecule has 0 fully saturated rings. The van der Waals surface area contributed by atoms with Gasteiger partial charge in [0.2, 0.25) is 0 Å². The molecule has 0 spiro atoms. The topological polar surface area (TPSA) is 59.3 Å². The van der Waals surface area contributed by atoms with Gasteiger partial charge in [-0.2, -0.15) is 0 Å². The monoisotopic (exact) mass is 574 g/mol. The summed E-state index contributed by atoms with van der Waals surface area (Å²) in [7, 11) is 0. The van der Waals surface area contributed by atoms with Gasteiger partial charge in [-0.25, -0.2) is 0 Å². The number of aromatic nitrogens is 3. The Morgan fingerprint density at radius 1 is 1.09 bits per heavy atom. The molecule has 2 aromatic rings. The molecule has 1 N–H and O–H groups in total. The SMILES string of the molecule is CCCC[C](CCCC)(CCCC)[Sn][c]1cc(C)n2ncc(C(=O)N[C@H](C)C(F)(F)F)c2n1. The second-order valence-electron chi connectivity index (χ2n) is 9.03. The molecule has 2 heterocycles. The normalized spacial score (nSPS) is 13.5. The van der Waals surface area contributed by atoms with Crippen molar-refractivity contribution in [1.29, 1.82) is 0 Å². The predicted molar refractivity (Wildman–Crippen MR) is 127 cm³/mol. The van der Waals surface area contributed by atoms with Crippen molar-refractivity contribution in [2.45, 2.75) is 108 Å². The summed E-state index contributed by atoms with van der Waals surface area (Å²) in [6, 6.07) is 0.135. The van der Waals surface area contributed by atoms with E-state index in [1.165, 1.54) is 44.7 Å². The number of rotatable bonds is 13. The summed E-state index contributed by atoms with van der Waals surface area (Å²) in [4.78, 5) is 17.4. The van der Waals surface area contributed by atoms with Crippen LogP contribution in [-0.2, 0) is 0 Å². The average molecular weight is 573 g/mol. The molecule has 0 aliphatic rings. The number of carbonyl (C=O) groups is 1. The van der Waals surface area contributed by atoms with Gasteiger partial charge >= 0.3 is 206 Å². The second kappa shape index (κ2) is 12.4. The number of hydrogen-bond acceptors (Lipinski definition) is 3. The van der Waals surface area contributed by atoms with Crippen molar-refractivity contribution >= 4 is 36.4 Å². The Hall–Kier alpha value is -1.32. The molecule has 0 bridgehead atoms. The Balaban J connectivity index is 2.42. The maximum atomic E-state index is 12.9. The van der Waals surface area contributed by atoms with E-state index < -0.39 is 39.3 Å². The van der Waals surface area contributed by atoms with Crippen LogP contribution in [0.5, 0.6) is 0 Å². The molecule has 0 saturated carbocycles. The van der Waals surface area contributed by atoms with E-state index in [0.29, 0.717) is 9.08 Å². The van der Waals surface area contributed by atoms with Gasteiger partial charge < -0.3 is 0 Å². The van der Waals surface area contributed by atoms with Gasteiger partial charge in [-0.15, -0.1) is 0 Å². The number of carbonyl (C=O) groups excluding carboxylic acids is 1. The fraction of sp³-hybridized carbons (Fsp3) is 0.708. The molecule has 33 heavy (non-hydrogen) atoms. The standard InChI is InChI=1S/C13H27.C11H10F3N4O.Sn/c1-4-7-10-13(11-8-5-2)12-9-6-3;1-6-3-4-15-9-8(5-16-18(6)9)10(19)17-7(2)11(12,13)14;/h4-12H2,1-3H3;3,5,7H,1-2H3,(H,17,19);/t;7-;/m.1./s1. The Labute approximate surface area is 205 Å². The van der Waals surface area contributed by atoms with Crippen LogP contribution in [0.25, 0.3) is 5.65 Å². The third-order valence-corrected chi connectivity index (χ3v) is 11.3. The Morgan fingerprint density at radius 3 is 2.12 bits per heavy atom. The molecule has 1 amide bonds. The van der Waals surface area contributed by atoms with Crippen LogP contribution < -0.4 is 9.03 Å². The van der Waals surface area contributed by atoms with Crippen LogP contribution in [0.2, 0.25) is 3.43 Å². The summed E-state index contributed by atoms with van der Waals surface area (Å²) in [6.07, 6.45) is 7.52. The van der Waals surface area contributed by atoms with Crippen molar-refractivity contribution in [2.24, 2.45) is 0 Å². The molecule has 0 unspecified atom stereocenters. The van der Waals surface area contributed by atoms with Crippen molar-refractivity contribution in [3.8, 4) is 0 Å². The Morgan fingerprint density at radius 2 is 1.64 bits per heavy atom. The van der Waals surface area contributed by atoms with Crippen molar-refractivity contribution in [1.82, 2.24) is 19.9 Å². The summed E-state index contributed by atoms with van der Waals surface area (Å²) >= 11 is -1.16. The minimum atomic E-state index is -4.50. The van der Waals surface area contributed by atoms with E-state index in [4.69, 9.17) is 4.98 Å². The number of amides is 1. The van der Waals surface area contributed by atoms with Crippen LogP contribution >= 0.6 is 0 Å². The summed E-state index contributed by atoms with van der Waals surface area (Å²) < 4.78 is 41.7. The first-order chi connectivity index (χ1) is 15.6. The first-order valence-corrected chi connectivity index (χ1v) is 14.9. The van der Waals surface area contributed by atoms with Gasteiger partial charge in [0.15, 0.2) is 0 Å². The molecule has 0 saturated heterocycles. The molecule has 1 atom stereocenters. The van der Waals surface area contributed by atoms with E-state index in [0.717, 1.165) is 35.6 Å². The van der Waals surface area contributed by atoms with Gasteiger partial charge in [-0.05, 0) is 0 Å². The van der Waals surface area contributed by atoms with E-state index in [1.807, 2.05) is 12.2 Å². The van der Waals surface area contributed by atoms with Crippen molar-refractivity contribution in [3.05, 3.63) is 23.5 Å². The number of nitrogens with zero attached hydrogens (tertiary/aromatic N) is 3. The summed E-state index contributed by atoms with van der Waals surface area (Å²) in [5, 5.41) is 6.27. The maximum absolute atomic E-state index is 12.9. The zero-order valence-corrected chi connectivity index (χ0v) is 23.3. The van der Waals surface area contributed by atoms with Gasteiger partial charge in [-0.1, -0.05) is 0 Å². The third-order valence-electron chi connectivity index (χ3n) is 6.15. The number of aryl methyl sites for hydroxylation is 1. The fourth-order valence-electron chi connectivity index (χ4n) is 4.07. The van der Waals surface area contributed by atoms with Gasteiger partial charge in [0, 0.05) is 0 Å². The summed E-state index contributed by atoms with van der Waals surface area (Å²) in [5.74, 6) is -0.793. The molecule has 9 heteroatoms. The number of hydrogen-bond donors (Lipinski definition) is 1. The van der Waals surface area contributed by atoms with Gasteiger partial charge in [0.05, 0.1) is 0 Å². The summed E-state index contributed by atoms with van der Waals surface area (Å²) in [6.45, 7) is 9.52. The Kier molecular flexibility index (Phi) is 10.5.